The molecule has 3 heteroatoms. The van der Waals surface area contributed by atoms with Crippen LogP contribution in [0.2, 0.25) is 12.6 Å². The summed E-state index contributed by atoms with van der Waals surface area (Å²) in [6, 6.07) is 1.09. The summed E-state index contributed by atoms with van der Waals surface area (Å²) in [6.45, 7) is 5.81. The Hall–Kier alpha value is -0.123. The lowest BCUT2D eigenvalue weighted by atomic mass is 10.2. The SMILES string of the molecule is C=CCCCCC[Si](C)(OC)OC. The minimum Gasteiger partial charge on any atom is -0.398 e. The van der Waals surface area contributed by atoms with E-state index in [1.165, 1.54) is 19.3 Å². The van der Waals surface area contributed by atoms with Crippen LogP contribution in [0.25, 0.3) is 0 Å². The number of hydrogen-bond acceptors (Lipinski definition) is 2. The van der Waals surface area contributed by atoms with Crippen LogP contribution in [-0.2, 0) is 8.85 Å². The van der Waals surface area contributed by atoms with Crippen molar-refractivity contribution in [2.75, 3.05) is 14.2 Å². The highest BCUT2D eigenvalue weighted by Gasteiger charge is 2.27. The minimum absolute atomic E-state index is 1.09. The molecular weight excluding hydrogens is 180 g/mol. The van der Waals surface area contributed by atoms with Gasteiger partial charge in [0.05, 0.1) is 0 Å². The minimum atomic E-state index is -1.78. The standard InChI is InChI=1S/C10H22O2Si/c1-5-6-7-8-9-10-13(4,11-2)12-3/h5H,1,6-10H2,2-4H3. The molecule has 0 bridgehead atoms. The molecule has 0 rings (SSSR count). The first kappa shape index (κ1) is 12.9. The summed E-state index contributed by atoms with van der Waals surface area (Å²) in [5.41, 5.74) is 0. The average molecular weight is 202 g/mol. The summed E-state index contributed by atoms with van der Waals surface area (Å²) in [6.07, 6.45) is 6.79. The summed E-state index contributed by atoms with van der Waals surface area (Å²) in [4.78, 5) is 0. The van der Waals surface area contributed by atoms with E-state index in [0.717, 1.165) is 12.5 Å². The fourth-order valence-corrected chi connectivity index (χ4v) is 2.67. The molecule has 0 aliphatic rings. The largest absolute Gasteiger partial charge is 0.398 e. The molecule has 0 aromatic rings. The fourth-order valence-electron chi connectivity index (χ4n) is 1.20. The summed E-state index contributed by atoms with van der Waals surface area (Å²) in [7, 11) is 1.72. The van der Waals surface area contributed by atoms with E-state index in [2.05, 4.69) is 13.1 Å². The topological polar surface area (TPSA) is 18.5 Å². The van der Waals surface area contributed by atoms with E-state index in [9.17, 15) is 0 Å². The quantitative estimate of drug-likeness (QED) is 0.342. The molecule has 0 amide bonds. The summed E-state index contributed by atoms with van der Waals surface area (Å²) in [5, 5.41) is 0. The van der Waals surface area contributed by atoms with E-state index in [4.69, 9.17) is 8.85 Å². The van der Waals surface area contributed by atoms with Crippen LogP contribution in [0.4, 0.5) is 0 Å². The third-order valence-electron chi connectivity index (χ3n) is 2.40. The Balaban J connectivity index is 3.44. The Kier molecular flexibility index (Phi) is 7.23. The fraction of sp³-hybridized carbons (Fsp3) is 0.800. The zero-order chi connectivity index (χ0) is 10.2. The Morgan fingerprint density at radius 2 is 1.77 bits per heavy atom. The molecule has 0 aromatic heterocycles. The van der Waals surface area contributed by atoms with Gasteiger partial charge in [0.1, 0.15) is 0 Å². The molecule has 2 nitrogen and oxygen atoms in total. The maximum absolute atomic E-state index is 5.39. The Labute approximate surface area is 83.2 Å². The van der Waals surface area contributed by atoms with E-state index < -0.39 is 8.56 Å². The lowest BCUT2D eigenvalue weighted by Gasteiger charge is -2.22. The number of hydrogen-bond donors (Lipinski definition) is 0. The van der Waals surface area contributed by atoms with Gasteiger partial charge in [0, 0.05) is 14.2 Å². The normalized spacial score (nSPS) is 11.6. The van der Waals surface area contributed by atoms with E-state index in [1.54, 1.807) is 14.2 Å². The van der Waals surface area contributed by atoms with Crippen molar-refractivity contribution < 1.29 is 8.85 Å². The molecule has 0 aliphatic heterocycles. The van der Waals surface area contributed by atoms with Crippen molar-refractivity contribution in [1.29, 1.82) is 0 Å². The van der Waals surface area contributed by atoms with Crippen molar-refractivity contribution in [2.24, 2.45) is 0 Å². The third-order valence-corrected chi connectivity index (χ3v) is 5.39. The molecule has 0 saturated carbocycles. The Morgan fingerprint density at radius 3 is 2.23 bits per heavy atom. The molecule has 0 spiro atoms. The molecule has 0 aliphatic carbocycles. The molecule has 0 atom stereocenters. The zero-order valence-electron chi connectivity index (χ0n) is 9.14. The summed E-state index contributed by atoms with van der Waals surface area (Å²) in [5.74, 6) is 0. The molecule has 0 heterocycles. The number of rotatable bonds is 8. The van der Waals surface area contributed by atoms with Crippen molar-refractivity contribution in [1.82, 2.24) is 0 Å². The van der Waals surface area contributed by atoms with Gasteiger partial charge in [0.2, 0.25) is 0 Å². The smallest absolute Gasteiger partial charge is 0.334 e. The van der Waals surface area contributed by atoms with Crippen molar-refractivity contribution >= 4 is 8.56 Å². The van der Waals surface area contributed by atoms with Crippen molar-refractivity contribution in [3.63, 3.8) is 0 Å². The van der Waals surface area contributed by atoms with Crippen LogP contribution in [0.3, 0.4) is 0 Å². The summed E-state index contributed by atoms with van der Waals surface area (Å²) < 4.78 is 10.8. The van der Waals surface area contributed by atoms with Crippen molar-refractivity contribution in [3.8, 4) is 0 Å². The monoisotopic (exact) mass is 202 g/mol. The van der Waals surface area contributed by atoms with Crippen LogP contribution in [-0.4, -0.2) is 22.8 Å². The molecular formula is C10H22O2Si. The second-order valence-corrected chi connectivity index (χ2v) is 7.01. The van der Waals surface area contributed by atoms with Gasteiger partial charge in [0.25, 0.3) is 0 Å². The van der Waals surface area contributed by atoms with Gasteiger partial charge in [-0.25, -0.2) is 0 Å². The molecule has 78 valence electrons. The van der Waals surface area contributed by atoms with Gasteiger partial charge < -0.3 is 8.85 Å². The molecule has 0 aromatic carbocycles. The van der Waals surface area contributed by atoms with Crippen LogP contribution in [0, 0.1) is 0 Å². The lowest BCUT2D eigenvalue weighted by Crippen LogP contribution is -2.35. The molecule has 0 N–H and O–H groups in total. The van der Waals surface area contributed by atoms with Gasteiger partial charge in [-0.05, 0) is 25.4 Å². The first-order valence-corrected chi connectivity index (χ1v) is 7.42. The second kappa shape index (κ2) is 7.30. The number of unbranched alkanes of at least 4 members (excludes halogenated alkanes) is 3. The maximum Gasteiger partial charge on any atom is 0.334 e. The van der Waals surface area contributed by atoms with Crippen LogP contribution < -0.4 is 0 Å². The maximum atomic E-state index is 5.39. The van der Waals surface area contributed by atoms with Crippen molar-refractivity contribution in [2.45, 2.75) is 38.3 Å². The van der Waals surface area contributed by atoms with E-state index in [1.807, 2.05) is 6.08 Å². The van der Waals surface area contributed by atoms with E-state index in [-0.39, 0.29) is 0 Å². The van der Waals surface area contributed by atoms with Crippen LogP contribution >= 0.6 is 0 Å². The highest BCUT2D eigenvalue weighted by Crippen LogP contribution is 2.16. The van der Waals surface area contributed by atoms with E-state index >= 15 is 0 Å². The predicted octanol–water partition coefficient (Wildman–Crippen LogP) is 3.10. The van der Waals surface area contributed by atoms with Crippen LogP contribution in [0.15, 0.2) is 12.7 Å². The Bertz CT molecular complexity index is 133. The highest BCUT2D eigenvalue weighted by molar-refractivity contribution is 6.65. The average Bonchev–Trinajstić information content (AvgIpc) is 2.17. The molecule has 0 radical (unpaired) electrons. The second-order valence-electron chi connectivity index (χ2n) is 3.43. The first-order valence-electron chi connectivity index (χ1n) is 4.89. The lowest BCUT2D eigenvalue weighted by molar-refractivity contribution is 0.248. The predicted molar refractivity (Wildman–Crippen MR) is 59.1 cm³/mol. The van der Waals surface area contributed by atoms with Crippen LogP contribution in [0.5, 0.6) is 0 Å². The van der Waals surface area contributed by atoms with Gasteiger partial charge in [-0.15, -0.1) is 6.58 Å². The number of allylic oxidation sites excluding steroid dienone is 1. The van der Waals surface area contributed by atoms with Gasteiger partial charge in [0.15, 0.2) is 0 Å². The molecule has 0 fully saturated rings. The Morgan fingerprint density at radius 1 is 1.15 bits per heavy atom. The van der Waals surface area contributed by atoms with Crippen molar-refractivity contribution in [3.05, 3.63) is 12.7 Å². The third kappa shape index (κ3) is 6.02. The van der Waals surface area contributed by atoms with E-state index in [0.29, 0.717) is 0 Å². The molecule has 0 unspecified atom stereocenters. The summed E-state index contributed by atoms with van der Waals surface area (Å²) >= 11 is 0. The van der Waals surface area contributed by atoms with Gasteiger partial charge >= 0.3 is 8.56 Å². The zero-order valence-corrected chi connectivity index (χ0v) is 10.1. The highest BCUT2D eigenvalue weighted by atomic mass is 28.4. The van der Waals surface area contributed by atoms with Gasteiger partial charge in [-0.1, -0.05) is 18.9 Å². The van der Waals surface area contributed by atoms with Crippen LogP contribution in [0.1, 0.15) is 25.7 Å². The molecule has 13 heavy (non-hydrogen) atoms. The van der Waals surface area contributed by atoms with Gasteiger partial charge in [-0.2, -0.15) is 0 Å². The molecule has 0 saturated heterocycles. The first-order chi connectivity index (χ1) is 6.18. The van der Waals surface area contributed by atoms with Gasteiger partial charge in [-0.3, -0.25) is 0 Å².